The predicted octanol–water partition coefficient (Wildman–Crippen LogP) is 4.16. The zero-order valence-electron chi connectivity index (χ0n) is 12.4. The monoisotopic (exact) mass is 265 g/mol. The Morgan fingerprint density at radius 3 is 2.70 bits per heavy atom. The highest BCUT2D eigenvalue weighted by atomic mass is 14.9. The van der Waals surface area contributed by atoms with Crippen LogP contribution in [0.1, 0.15) is 32.3 Å². The maximum absolute atomic E-state index is 3.61. The average Bonchev–Trinajstić information content (AvgIpc) is 2.50. The fourth-order valence-corrected chi connectivity index (χ4v) is 2.53. The van der Waals surface area contributed by atoms with Crippen LogP contribution < -0.4 is 5.32 Å². The van der Waals surface area contributed by atoms with Gasteiger partial charge in [0.15, 0.2) is 0 Å². The normalized spacial score (nSPS) is 11.9. The first-order valence-corrected chi connectivity index (χ1v) is 7.44. The minimum Gasteiger partial charge on any atom is -0.313 e. The quantitative estimate of drug-likeness (QED) is 0.773. The summed E-state index contributed by atoms with van der Waals surface area (Å²) in [6.07, 6.45) is 3.11. The molecule has 0 heterocycles. The zero-order chi connectivity index (χ0) is 14.2. The Kier molecular flexibility index (Phi) is 5.65. The summed E-state index contributed by atoms with van der Waals surface area (Å²) < 4.78 is 0. The summed E-state index contributed by atoms with van der Waals surface area (Å²) in [6.45, 7) is 5.17. The highest BCUT2D eigenvalue weighted by Crippen LogP contribution is 2.20. The molecule has 0 radical (unpaired) electrons. The second-order valence-electron chi connectivity index (χ2n) is 5.12. The van der Waals surface area contributed by atoms with Gasteiger partial charge in [0.05, 0.1) is 0 Å². The van der Waals surface area contributed by atoms with Gasteiger partial charge in [-0.1, -0.05) is 49.4 Å². The molecule has 104 valence electrons. The van der Waals surface area contributed by atoms with Crippen LogP contribution >= 0.6 is 0 Å². The van der Waals surface area contributed by atoms with Gasteiger partial charge in [0.2, 0.25) is 0 Å². The fraction of sp³-hybridized carbons (Fsp3) is 0.368. The third kappa shape index (κ3) is 3.85. The second kappa shape index (κ2) is 7.72. The summed E-state index contributed by atoms with van der Waals surface area (Å²) in [5, 5.41) is 6.30. The minimum absolute atomic E-state index is 0.438. The summed E-state index contributed by atoms with van der Waals surface area (Å²) in [4.78, 5) is 0. The molecule has 0 aromatic heterocycles. The Bertz CT molecular complexity index is 598. The van der Waals surface area contributed by atoms with Crippen LogP contribution in [0, 0.1) is 11.8 Å². The Balaban J connectivity index is 2.20. The minimum atomic E-state index is 0.438. The molecule has 2 aromatic carbocycles. The Labute approximate surface area is 122 Å². The molecular weight excluding hydrogens is 242 g/mol. The zero-order valence-corrected chi connectivity index (χ0v) is 12.4. The molecule has 1 nitrogen and oxygen atoms in total. The van der Waals surface area contributed by atoms with E-state index in [0.717, 1.165) is 25.8 Å². The maximum Gasteiger partial charge on any atom is 0.0246 e. The van der Waals surface area contributed by atoms with E-state index < -0.39 is 0 Å². The number of hydrogen-bond acceptors (Lipinski definition) is 1. The van der Waals surface area contributed by atoms with E-state index in [4.69, 9.17) is 0 Å². The third-order valence-corrected chi connectivity index (χ3v) is 3.55. The van der Waals surface area contributed by atoms with Crippen LogP contribution in [-0.4, -0.2) is 12.6 Å². The lowest BCUT2D eigenvalue weighted by atomic mass is 9.97. The van der Waals surface area contributed by atoms with Gasteiger partial charge < -0.3 is 5.32 Å². The van der Waals surface area contributed by atoms with Crippen LogP contribution in [0.5, 0.6) is 0 Å². The molecule has 20 heavy (non-hydrogen) atoms. The number of rotatable bonds is 6. The van der Waals surface area contributed by atoms with E-state index in [-0.39, 0.29) is 0 Å². The molecule has 0 aliphatic heterocycles. The largest absolute Gasteiger partial charge is 0.313 e. The molecule has 0 spiro atoms. The first kappa shape index (κ1) is 14.6. The number of nitrogens with one attached hydrogen (secondary N) is 1. The fourth-order valence-electron chi connectivity index (χ4n) is 2.53. The van der Waals surface area contributed by atoms with Gasteiger partial charge >= 0.3 is 0 Å². The maximum atomic E-state index is 3.61. The Morgan fingerprint density at radius 2 is 1.90 bits per heavy atom. The van der Waals surface area contributed by atoms with Crippen LogP contribution in [0.2, 0.25) is 0 Å². The Morgan fingerprint density at radius 1 is 1.10 bits per heavy atom. The van der Waals surface area contributed by atoms with E-state index in [1.54, 1.807) is 0 Å². The van der Waals surface area contributed by atoms with Gasteiger partial charge in [0.25, 0.3) is 0 Å². The van der Waals surface area contributed by atoms with Crippen molar-refractivity contribution in [1.29, 1.82) is 0 Å². The third-order valence-electron chi connectivity index (χ3n) is 3.55. The van der Waals surface area contributed by atoms with E-state index >= 15 is 0 Å². The van der Waals surface area contributed by atoms with Gasteiger partial charge in [-0.3, -0.25) is 0 Å². The molecule has 0 amide bonds. The molecule has 0 bridgehead atoms. The number of benzene rings is 2. The summed E-state index contributed by atoms with van der Waals surface area (Å²) in [5.41, 5.74) is 1.41. The highest BCUT2D eigenvalue weighted by molar-refractivity contribution is 5.85. The van der Waals surface area contributed by atoms with E-state index in [2.05, 4.69) is 66.5 Å². The van der Waals surface area contributed by atoms with E-state index in [1.165, 1.54) is 16.3 Å². The molecule has 0 aliphatic rings. The molecule has 1 N–H and O–H groups in total. The van der Waals surface area contributed by atoms with Crippen LogP contribution in [-0.2, 0) is 6.42 Å². The van der Waals surface area contributed by atoms with Crippen molar-refractivity contribution in [2.24, 2.45) is 0 Å². The van der Waals surface area contributed by atoms with Gasteiger partial charge in [-0.05, 0) is 42.6 Å². The van der Waals surface area contributed by atoms with Crippen molar-refractivity contribution < 1.29 is 0 Å². The van der Waals surface area contributed by atoms with E-state index in [9.17, 15) is 0 Å². The standard InChI is InChI=1S/C19H23N/c1-3-5-12-18(20-14-4-2)15-17-11-8-10-16-9-6-7-13-19(16)17/h6-11,13,18,20H,4,12,14-15H2,1-2H3. The van der Waals surface area contributed by atoms with Gasteiger partial charge in [-0.15, -0.1) is 11.8 Å². The molecule has 0 aliphatic carbocycles. The summed E-state index contributed by atoms with van der Waals surface area (Å²) in [6, 6.07) is 15.6. The second-order valence-corrected chi connectivity index (χ2v) is 5.12. The summed E-state index contributed by atoms with van der Waals surface area (Å²) >= 11 is 0. The van der Waals surface area contributed by atoms with Crippen molar-refractivity contribution in [2.45, 2.75) is 39.2 Å². The lowest BCUT2D eigenvalue weighted by Gasteiger charge is -2.17. The van der Waals surface area contributed by atoms with Crippen LogP contribution in [0.3, 0.4) is 0 Å². The topological polar surface area (TPSA) is 12.0 Å². The van der Waals surface area contributed by atoms with Crippen molar-refractivity contribution >= 4 is 10.8 Å². The molecule has 2 aromatic rings. The molecule has 0 saturated heterocycles. The molecule has 1 unspecified atom stereocenters. The van der Waals surface area contributed by atoms with Crippen LogP contribution in [0.4, 0.5) is 0 Å². The first-order valence-electron chi connectivity index (χ1n) is 7.44. The lowest BCUT2D eigenvalue weighted by Crippen LogP contribution is -2.31. The van der Waals surface area contributed by atoms with E-state index in [0.29, 0.717) is 6.04 Å². The number of fused-ring (bicyclic) bond motifs is 1. The first-order chi connectivity index (χ1) is 9.85. The van der Waals surface area contributed by atoms with Crippen molar-refractivity contribution in [3.63, 3.8) is 0 Å². The van der Waals surface area contributed by atoms with Crippen molar-refractivity contribution in [2.75, 3.05) is 6.54 Å². The van der Waals surface area contributed by atoms with Crippen molar-refractivity contribution in [3.8, 4) is 11.8 Å². The molecule has 1 heteroatoms. The summed E-state index contributed by atoms with van der Waals surface area (Å²) in [5.74, 6) is 6.22. The summed E-state index contributed by atoms with van der Waals surface area (Å²) in [7, 11) is 0. The SMILES string of the molecule is CC#CCC(Cc1cccc2ccccc12)NCCC. The van der Waals surface area contributed by atoms with Crippen molar-refractivity contribution in [1.82, 2.24) is 5.32 Å². The van der Waals surface area contributed by atoms with Gasteiger partial charge in [-0.25, -0.2) is 0 Å². The average molecular weight is 265 g/mol. The van der Waals surface area contributed by atoms with Crippen LogP contribution in [0.15, 0.2) is 42.5 Å². The molecular formula is C19H23N. The molecule has 2 rings (SSSR count). The smallest absolute Gasteiger partial charge is 0.0246 e. The molecule has 0 fully saturated rings. The Hall–Kier alpha value is -1.78. The van der Waals surface area contributed by atoms with Gasteiger partial charge in [0, 0.05) is 12.5 Å². The predicted molar refractivity (Wildman–Crippen MR) is 87.8 cm³/mol. The molecule has 0 saturated carbocycles. The van der Waals surface area contributed by atoms with E-state index in [1.807, 2.05) is 6.92 Å². The van der Waals surface area contributed by atoms with Gasteiger partial charge in [0.1, 0.15) is 0 Å². The van der Waals surface area contributed by atoms with Crippen molar-refractivity contribution in [3.05, 3.63) is 48.0 Å². The molecule has 1 atom stereocenters. The van der Waals surface area contributed by atoms with Crippen LogP contribution in [0.25, 0.3) is 10.8 Å². The highest BCUT2D eigenvalue weighted by Gasteiger charge is 2.09. The van der Waals surface area contributed by atoms with Gasteiger partial charge in [-0.2, -0.15) is 0 Å². The lowest BCUT2D eigenvalue weighted by molar-refractivity contribution is 0.518. The number of hydrogen-bond donors (Lipinski definition) is 1.